The van der Waals surface area contributed by atoms with Gasteiger partial charge < -0.3 is 10.2 Å². The monoisotopic (exact) mass is 395 g/mol. The van der Waals surface area contributed by atoms with Crippen LogP contribution in [0.15, 0.2) is 23.6 Å². The molecule has 2 fully saturated rings. The van der Waals surface area contributed by atoms with Crippen molar-refractivity contribution in [3.8, 4) is 11.3 Å². The summed E-state index contributed by atoms with van der Waals surface area (Å²) in [6.45, 7) is 1.99. The normalized spacial score (nSPS) is 24.8. The predicted octanol–water partition coefficient (Wildman–Crippen LogP) is 3.48. The molecule has 0 bridgehead atoms. The second kappa shape index (κ2) is 6.31. The number of carbonyl (C=O) groups is 2. The lowest BCUT2D eigenvalue weighted by atomic mass is 10.2. The zero-order valence-electron chi connectivity index (χ0n) is 13.8. The fourth-order valence-corrected chi connectivity index (χ4v) is 5.48. The Balaban J connectivity index is 1.50. The van der Waals surface area contributed by atoms with Crippen molar-refractivity contribution in [1.29, 1.82) is 0 Å². The van der Waals surface area contributed by atoms with E-state index in [1.165, 1.54) is 17.4 Å². The molecule has 1 N–H and O–H groups in total. The maximum atomic E-state index is 13.4. The number of rotatable bonds is 3. The molecule has 0 aliphatic carbocycles. The Hall–Kier alpha value is -2.00. The molecule has 9 heteroatoms. The summed E-state index contributed by atoms with van der Waals surface area (Å²) in [6, 6.07) is 3.02. The van der Waals surface area contributed by atoms with E-state index in [9.17, 15) is 18.4 Å². The Morgan fingerprint density at radius 3 is 2.96 bits per heavy atom. The minimum Gasteiger partial charge on any atom is -0.315 e. The lowest BCUT2D eigenvalue weighted by Gasteiger charge is -2.29. The first kappa shape index (κ1) is 17.4. The first-order valence-corrected chi connectivity index (χ1v) is 9.92. The molecule has 136 valence electrons. The fourth-order valence-electron chi connectivity index (χ4n) is 3.32. The third-order valence-corrected chi connectivity index (χ3v) is 6.96. The zero-order chi connectivity index (χ0) is 18.5. The molecule has 0 saturated carbocycles. The predicted molar refractivity (Wildman–Crippen MR) is 96.8 cm³/mol. The standard InChI is InChI=1S/C17H15F2N3O2S2/c1-17-5-4-14(23)22(17)13(8-26-17)15(24)21-16-20-12(7-25-16)9-2-3-10(18)11(19)6-9/h2-3,6-7,13H,4-5,8H2,1H3,(H,20,21,24)/t13-,17-/m1/s1. The van der Waals surface area contributed by atoms with Crippen LogP contribution < -0.4 is 5.32 Å². The second-order valence-corrected chi connectivity index (χ2v) is 8.78. The highest BCUT2D eigenvalue weighted by Crippen LogP contribution is 2.47. The summed E-state index contributed by atoms with van der Waals surface area (Å²) in [4.78, 5) is 30.4. The molecule has 2 atom stereocenters. The molecule has 5 nitrogen and oxygen atoms in total. The first-order chi connectivity index (χ1) is 12.4. The molecule has 26 heavy (non-hydrogen) atoms. The van der Waals surface area contributed by atoms with E-state index in [-0.39, 0.29) is 16.7 Å². The number of nitrogens with zero attached hydrogens (tertiary/aromatic N) is 2. The van der Waals surface area contributed by atoms with Gasteiger partial charge in [0.2, 0.25) is 11.8 Å². The van der Waals surface area contributed by atoms with Crippen molar-refractivity contribution in [2.75, 3.05) is 11.1 Å². The van der Waals surface area contributed by atoms with Crippen LogP contribution in [0.25, 0.3) is 11.3 Å². The number of hydrogen-bond acceptors (Lipinski definition) is 5. The molecule has 2 aliphatic heterocycles. The van der Waals surface area contributed by atoms with Gasteiger partial charge >= 0.3 is 0 Å². The molecule has 3 heterocycles. The van der Waals surface area contributed by atoms with E-state index in [4.69, 9.17) is 0 Å². The topological polar surface area (TPSA) is 62.3 Å². The van der Waals surface area contributed by atoms with Gasteiger partial charge in [0.05, 0.1) is 10.6 Å². The van der Waals surface area contributed by atoms with Gasteiger partial charge in [0.1, 0.15) is 6.04 Å². The third kappa shape index (κ3) is 2.88. The van der Waals surface area contributed by atoms with Crippen LogP contribution in [0.3, 0.4) is 0 Å². The van der Waals surface area contributed by atoms with Crippen molar-refractivity contribution < 1.29 is 18.4 Å². The highest BCUT2D eigenvalue weighted by molar-refractivity contribution is 8.01. The molecule has 1 aromatic heterocycles. The van der Waals surface area contributed by atoms with E-state index in [0.717, 1.165) is 18.6 Å². The molecular formula is C17H15F2N3O2S2. The molecule has 2 amide bonds. The van der Waals surface area contributed by atoms with Crippen molar-refractivity contribution in [2.24, 2.45) is 0 Å². The smallest absolute Gasteiger partial charge is 0.249 e. The lowest BCUT2D eigenvalue weighted by Crippen LogP contribution is -2.48. The number of nitrogens with one attached hydrogen (secondary N) is 1. The summed E-state index contributed by atoms with van der Waals surface area (Å²) in [6.07, 6.45) is 1.21. The van der Waals surface area contributed by atoms with E-state index >= 15 is 0 Å². The summed E-state index contributed by atoms with van der Waals surface area (Å²) in [5, 5.41) is 4.77. The van der Waals surface area contributed by atoms with E-state index in [1.54, 1.807) is 22.0 Å². The van der Waals surface area contributed by atoms with Crippen molar-refractivity contribution >= 4 is 40.0 Å². The summed E-state index contributed by atoms with van der Waals surface area (Å²) in [7, 11) is 0. The lowest BCUT2D eigenvalue weighted by molar-refractivity contribution is -0.135. The van der Waals surface area contributed by atoms with Crippen LogP contribution in [-0.4, -0.2) is 38.4 Å². The van der Waals surface area contributed by atoms with Crippen molar-refractivity contribution in [1.82, 2.24) is 9.88 Å². The van der Waals surface area contributed by atoms with Crippen LogP contribution in [0.4, 0.5) is 13.9 Å². The second-order valence-electron chi connectivity index (χ2n) is 6.42. The minimum absolute atomic E-state index is 0.000680. The Bertz CT molecular complexity index is 904. The molecule has 0 spiro atoms. The Kier molecular flexibility index (Phi) is 4.23. The third-order valence-electron chi connectivity index (χ3n) is 4.70. The van der Waals surface area contributed by atoms with Gasteiger partial charge in [0.25, 0.3) is 0 Å². The molecule has 2 saturated heterocycles. The number of aromatic nitrogens is 1. The van der Waals surface area contributed by atoms with Crippen LogP contribution >= 0.6 is 23.1 Å². The fraction of sp³-hybridized carbons (Fsp3) is 0.353. The number of benzene rings is 1. The quantitative estimate of drug-likeness (QED) is 0.864. The van der Waals surface area contributed by atoms with E-state index < -0.39 is 17.7 Å². The molecule has 1 aromatic carbocycles. The molecular weight excluding hydrogens is 380 g/mol. The van der Waals surface area contributed by atoms with Crippen LogP contribution in [0.1, 0.15) is 19.8 Å². The highest BCUT2D eigenvalue weighted by Gasteiger charge is 2.52. The molecule has 4 rings (SSSR count). The van der Waals surface area contributed by atoms with Gasteiger partial charge in [0, 0.05) is 23.1 Å². The number of amides is 2. The van der Waals surface area contributed by atoms with E-state index in [2.05, 4.69) is 10.3 Å². The van der Waals surface area contributed by atoms with E-state index in [1.807, 2.05) is 6.92 Å². The number of thiazole rings is 1. The average molecular weight is 395 g/mol. The van der Waals surface area contributed by atoms with Crippen molar-refractivity contribution in [3.05, 3.63) is 35.2 Å². The molecule has 2 aliphatic rings. The van der Waals surface area contributed by atoms with Crippen molar-refractivity contribution in [3.63, 3.8) is 0 Å². The summed E-state index contributed by atoms with van der Waals surface area (Å²) in [5.74, 6) is -1.59. The number of hydrogen-bond donors (Lipinski definition) is 1. The van der Waals surface area contributed by atoms with Gasteiger partial charge in [0.15, 0.2) is 16.8 Å². The van der Waals surface area contributed by atoms with Gasteiger partial charge in [-0.1, -0.05) is 0 Å². The van der Waals surface area contributed by atoms with Crippen LogP contribution in [0.5, 0.6) is 0 Å². The van der Waals surface area contributed by atoms with Crippen molar-refractivity contribution in [2.45, 2.75) is 30.7 Å². The zero-order valence-corrected chi connectivity index (χ0v) is 15.4. The van der Waals surface area contributed by atoms with Crippen LogP contribution in [-0.2, 0) is 9.59 Å². The van der Waals surface area contributed by atoms with Crippen LogP contribution in [0, 0.1) is 11.6 Å². The number of halogens is 2. The number of thioether (sulfide) groups is 1. The first-order valence-electron chi connectivity index (χ1n) is 8.05. The molecule has 2 aromatic rings. The summed E-state index contributed by atoms with van der Waals surface area (Å²) >= 11 is 2.82. The maximum absolute atomic E-state index is 13.4. The largest absolute Gasteiger partial charge is 0.315 e. The molecule has 0 radical (unpaired) electrons. The minimum atomic E-state index is -0.948. The number of anilines is 1. The Morgan fingerprint density at radius 1 is 1.38 bits per heavy atom. The van der Waals surface area contributed by atoms with Gasteiger partial charge in [-0.05, 0) is 31.5 Å². The van der Waals surface area contributed by atoms with Gasteiger partial charge in [-0.25, -0.2) is 13.8 Å². The summed E-state index contributed by atoms with van der Waals surface area (Å²) in [5.41, 5.74) is 0.881. The number of carbonyl (C=O) groups excluding carboxylic acids is 2. The maximum Gasteiger partial charge on any atom is 0.249 e. The van der Waals surface area contributed by atoms with Crippen LogP contribution in [0.2, 0.25) is 0 Å². The van der Waals surface area contributed by atoms with Gasteiger partial charge in [-0.2, -0.15) is 0 Å². The molecule has 0 unspecified atom stereocenters. The Morgan fingerprint density at radius 2 is 2.19 bits per heavy atom. The van der Waals surface area contributed by atoms with Gasteiger partial charge in [-0.3, -0.25) is 9.59 Å². The van der Waals surface area contributed by atoms with E-state index in [0.29, 0.717) is 28.6 Å². The Labute approximate surface area is 156 Å². The van der Waals surface area contributed by atoms with Gasteiger partial charge in [-0.15, -0.1) is 23.1 Å². The number of fused-ring (bicyclic) bond motifs is 1. The SMILES string of the molecule is C[C@@]12CCC(=O)N1[C@@H](C(=O)Nc1nc(-c3ccc(F)c(F)c3)cs1)CS2. The average Bonchev–Trinajstić information content (AvgIpc) is 3.27. The summed E-state index contributed by atoms with van der Waals surface area (Å²) < 4.78 is 26.4. The highest BCUT2D eigenvalue weighted by atomic mass is 32.2.